The molecular weight excluding hydrogens is 248 g/mol. The van der Waals surface area contributed by atoms with Crippen LogP contribution in [0.3, 0.4) is 0 Å². The first-order valence-electron chi connectivity index (χ1n) is 6.06. The van der Waals surface area contributed by atoms with Crippen molar-refractivity contribution in [3.8, 4) is 0 Å². The maximum absolute atomic E-state index is 10.6. The Hall–Kier alpha value is -1.36. The van der Waals surface area contributed by atoms with Gasteiger partial charge in [0, 0.05) is 6.08 Å². The molecular formula is C14H25O5. The molecule has 0 saturated carbocycles. The average molecular weight is 273 g/mol. The van der Waals surface area contributed by atoms with Crippen LogP contribution in [0.4, 0.5) is 0 Å². The molecule has 0 aliphatic heterocycles. The van der Waals surface area contributed by atoms with Gasteiger partial charge in [-0.2, -0.15) is 0 Å². The van der Waals surface area contributed by atoms with Gasteiger partial charge >= 0.3 is 11.9 Å². The van der Waals surface area contributed by atoms with E-state index in [2.05, 4.69) is 6.58 Å². The summed E-state index contributed by atoms with van der Waals surface area (Å²) in [6.45, 7) is 13.6. The van der Waals surface area contributed by atoms with Crippen molar-refractivity contribution in [2.24, 2.45) is 0 Å². The summed E-state index contributed by atoms with van der Waals surface area (Å²) in [4.78, 5) is 21.1. The Bertz CT molecular complexity index is 294. The molecule has 0 amide bonds. The third kappa shape index (κ3) is 19.2. The molecule has 1 radical (unpaired) electrons. The van der Waals surface area contributed by atoms with Crippen molar-refractivity contribution in [3.05, 3.63) is 12.7 Å². The third-order valence-corrected chi connectivity index (χ3v) is 1.30. The first kappa shape index (κ1) is 20.0. The van der Waals surface area contributed by atoms with Crippen LogP contribution in [-0.4, -0.2) is 29.7 Å². The molecule has 0 saturated heterocycles. The van der Waals surface area contributed by atoms with Crippen LogP contribution in [0, 0.1) is 0 Å². The highest BCUT2D eigenvalue weighted by Gasteiger charge is 2.15. The third-order valence-electron chi connectivity index (χ3n) is 1.30. The number of esters is 2. The van der Waals surface area contributed by atoms with Crippen molar-refractivity contribution in [1.29, 1.82) is 0 Å². The molecule has 0 rings (SSSR count). The van der Waals surface area contributed by atoms with Crippen LogP contribution in [0.15, 0.2) is 12.7 Å². The summed E-state index contributed by atoms with van der Waals surface area (Å²) in [5.41, 5.74) is -0.864. The minimum atomic E-state index is -0.466. The van der Waals surface area contributed by atoms with Crippen molar-refractivity contribution < 1.29 is 24.2 Å². The van der Waals surface area contributed by atoms with Gasteiger partial charge in [-0.25, -0.2) is 9.90 Å². The second kappa shape index (κ2) is 8.69. The van der Waals surface area contributed by atoms with Gasteiger partial charge in [0.05, 0.1) is 13.0 Å². The molecule has 0 heterocycles. The highest BCUT2D eigenvalue weighted by molar-refractivity contribution is 5.81. The summed E-state index contributed by atoms with van der Waals surface area (Å²) in [5.74, 6) is -0.787. The van der Waals surface area contributed by atoms with Gasteiger partial charge in [0.25, 0.3) is 0 Å². The van der Waals surface area contributed by atoms with E-state index in [1.165, 1.54) is 0 Å². The number of hydrogen-bond donors (Lipinski definition) is 0. The van der Waals surface area contributed by atoms with Crippen molar-refractivity contribution in [2.75, 3.05) is 6.61 Å². The minimum absolute atomic E-state index is 0.0305. The van der Waals surface area contributed by atoms with Gasteiger partial charge in [-0.15, -0.1) is 0 Å². The van der Waals surface area contributed by atoms with Crippen LogP contribution < -0.4 is 0 Å². The highest BCUT2D eigenvalue weighted by atomic mass is 16.6. The molecule has 0 aliphatic rings. The van der Waals surface area contributed by atoms with Crippen LogP contribution in [0.25, 0.3) is 0 Å². The second-order valence-corrected chi connectivity index (χ2v) is 5.78. The maximum atomic E-state index is 10.6. The second-order valence-electron chi connectivity index (χ2n) is 5.78. The molecule has 0 spiro atoms. The van der Waals surface area contributed by atoms with Crippen LogP contribution in [0.5, 0.6) is 0 Å². The Morgan fingerprint density at radius 3 is 1.63 bits per heavy atom. The molecule has 0 unspecified atom stereocenters. The topological polar surface area (TPSA) is 72.5 Å². The van der Waals surface area contributed by atoms with Gasteiger partial charge in [-0.1, -0.05) is 6.58 Å². The fraction of sp³-hybridized carbons (Fsp3) is 0.714. The van der Waals surface area contributed by atoms with E-state index in [9.17, 15) is 14.7 Å². The predicted octanol–water partition coefficient (Wildman–Crippen LogP) is 2.66. The van der Waals surface area contributed by atoms with Crippen molar-refractivity contribution in [2.45, 2.75) is 59.2 Å². The molecule has 111 valence electrons. The number of carbonyl (C=O) groups is 2. The van der Waals surface area contributed by atoms with Crippen LogP contribution in [0.1, 0.15) is 48.0 Å². The number of ether oxygens (including phenoxy) is 2. The normalized spacial score (nSPS) is 10.9. The Morgan fingerprint density at radius 2 is 1.42 bits per heavy atom. The monoisotopic (exact) mass is 273 g/mol. The molecule has 0 aromatic heterocycles. The zero-order chi connectivity index (χ0) is 15.7. The molecule has 0 atom stereocenters. The summed E-state index contributed by atoms with van der Waals surface area (Å²) >= 11 is 0. The first-order chi connectivity index (χ1) is 8.41. The van der Waals surface area contributed by atoms with Gasteiger partial charge in [0.2, 0.25) is 0 Å². The summed E-state index contributed by atoms with van der Waals surface area (Å²) in [6, 6.07) is 0. The Kier molecular flexibility index (Phi) is 9.13. The molecule has 5 nitrogen and oxygen atoms in total. The van der Waals surface area contributed by atoms with Gasteiger partial charge in [-0.3, -0.25) is 4.79 Å². The van der Waals surface area contributed by atoms with E-state index >= 15 is 0 Å². The van der Waals surface area contributed by atoms with E-state index in [4.69, 9.17) is 9.47 Å². The van der Waals surface area contributed by atoms with E-state index in [0.717, 1.165) is 6.08 Å². The van der Waals surface area contributed by atoms with Gasteiger partial charge in [-0.05, 0) is 41.5 Å². The number of carbonyl (C=O) groups excluding carboxylic acids is 2. The SMILES string of the molecule is C=CC(=O)OC(C)(C)C.CC(C)(C)OC(=O)CC[O]. The lowest BCUT2D eigenvalue weighted by atomic mass is 10.2. The fourth-order valence-electron chi connectivity index (χ4n) is 0.819. The van der Waals surface area contributed by atoms with E-state index in [1.807, 2.05) is 20.8 Å². The highest BCUT2D eigenvalue weighted by Crippen LogP contribution is 2.07. The van der Waals surface area contributed by atoms with Crippen molar-refractivity contribution in [3.63, 3.8) is 0 Å². The zero-order valence-corrected chi connectivity index (χ0v) is 12.7. The number of hydrogen-bond acceptors (Lipinski definition) is 4. The van der Waals surface area contributed by atoms with E-state index in [1.54, 1.807) is 20.8 Å². The summed E-state index contributed by atoms with van der Waals surface area (Å²) in [6.07, 6.45) is 1.13. The minimum Gasteiger partial charge on any atom is -0.460 e. The molecule has 0 bridgehead atoms. The zero-order valence-electron chi connectivity index (χ0n) is 12.7. The van der Waals surface area contributed by atoms with Crippen molar-refractivity contribution >= 4 is 11.9 Å². The molecule has 0 aromatic rings. The Morgan fingerprint density at radius 1 is 1.00 bits per heavy atom. The van der Waals surface area contributed by atoms with E-state index in [-0.39, 0.29) is 12.4 Å². The fourth-order valence-corrected chi connectivity index (χ4v) is 0.819. The van der Waals surface area contributed by atoms with Gasteiger partial charge in [0.15, 0.2) is 0 Å². The van der Waals surface area contributed by atoms with Crippen LogP contribution in [0.2, 0.25) is 0 Å². The van der Waals surface area contributed by atoms with E-state index < -0.39 is 23.8 Å². The Balaban J connectivity index is 0. The molecule has 5 heteroatoms. The lowest BCUT2D eigenvalue weighted by Crippen LogP contribution is -2.24. The lowest BCUT2D eigenvalue weighted by Gasteiger charge is -2.18. The van der Waals surface area contributed by atoms with Crippen molar-refractivity contribution in [1.82, 2.24) is 0 Å². The van der Waals surface area contributed by atoms with Gasteiger partial charge < -0.3 is 9.47 Å². The smallest absolute Gasteiger partial charge is 0.330 e. The average Bonchev–Trinajstić information content (AvgIpc) is 2.13. The summed E-state index contributed by atoms with van der Waals surface area (Å²) < 4.78 is 9.67. The molecule has 19 heavy (non-hydrogen) atoms. The summed E-state index contributed by atoms with van der Waals surface area (Å²) in [5, 5.41) is 9.93. The largest absolute Gasteiger partial charge is 0.460 e. The van der Waals surface area contributed by atoms with Crippen LogP contribution >= 0.6 is 0 Å². The maximum Gasteiger partial charge on any atom is 0.330 e. The molecule has 0 aromatic carbocycles. The van der Waals surface area contributed by atoms with Gasteiger partial charge in [0.1, 0.15) is 11.2 Å². The predicted molar refractivity (Wildman–Crippen MR) is 72.1 cm³/mol. The standard InChI is InChI=1S/C7H13O3.C7H12O2/c1-7(2,3)10-6(9)4-5-8;1-5-6(8)9-7(2,3)4/h4-5H2,1-3H3;5H,1H2,2-4H3. The number of rotatable bonds is 3. The Labute approximate surface area is 115 Å². The molecule has 0 N–H and O–H groups in total. The first-order valence-corrected chi connectivity index (χ1v) is 6.06. The molecule has 0 fully saturated rings. The molecule has 0 aliphatic carbocycles. The summed E-state index contributed by atoms with van der Waals surface area (Å²) in [7, 11) is 0. The quantitative estimate of drug-likeness (QED) is 0.585. The van der Waals surface area contributed by atoms with E-state index in [0.29, 0.717) is 0 Å². The van der Waals surface area contributed by atoms with Crippen LogP contribution in [-0.2, 0) is 24.2 Å². The lowest BCUT2D eigenvalue weighted by molar-refractivity contribution is -0.156.